The Labute approximate surface area is 136 Å². The molecule has 0 aliphatic carbocycles. The number of aromatic amines is 1. The lowest BCUT2D eigenvalue weighted by molar-refractivity contribution is 0.102. The lowest BCUT2D eigenvalue weighted by atomic mass is 10.2. The van der Waals surface area contributed by atoms with Crippen molar-refractivity contribution in [1.82, 2.24) is 9.97 Å². The molecule has 0 saturated heterocycles. The van der Waals surface area contributed by atoms with E-state index in [9.17, 15) is 4.79 Å². The van der Waals surface area contributed by atoms with Gasteiger partial charge in [-0.15, -0.1) is 0 Å². The molecule has 22 heavy (non-hydrogen) atoms. The summed E-state index contributed by atoms with van der Waals surface area (Å²) >= 11 is 12.0. The molecule has 0 unspecified atom stereocenters. The number of halogens is 2. The number of hydrogen-bond acceptors (Lipinski definition) is 3. The second-order valence-electron chi connectivity index (χ2n) is 4.77. The quantitative estimate of drug-likeness (QED) is 0.785. The van der Waals surface area contributed by atoms with Crippen LogP contribution in [0.25, 0.3) is 10.9 Å². The fraction of sp³-hybridized carbons (Fsp3) is 0.125. The smallest absolute Gasteiger partial charge is 0.258 e. The molecule has 0 fully saturated rings. The second-order valence-corrected chi connectivity index (χ2v) is 5.62. The van der Waals surface area contributed by atoms with E-state index >= 15 is 0 Å². The van der Waals surface area contributed by atoms with Crippen LogP contribution in [0.15, 0.2) is 47.3 Å². The number of nitrogens with one attached hydrogen (secondary N) is 1. The maximum atomic E-state index is 12.1. The van der Waals surface area contributed by atoms with E-state index in [0.29, 0.717) is 33.4 Å². The Morgan fingerprint density at radius 2 is 1.86 bits per heavy atom. The molecule has 6 heteroatoms. The molecule has 0 aliphatic rings. The van der Waals surface area contributed by atoms with Crippen molar-refractivity contribution < 1.29 is 4.74 Å². The Balaban J connectivity index is 1.81. The summed E-state index contributed by atoms with van der Waals surface area (Å²) in [6, 6.07) is 12.9. The minimum Gasteiger partial charge on any atom is -0.369 e. The molecule has 3 rings (SSSR count). The second kappa shape index (κ2) is 6.48. The van der Waals surface area contributed by atoms with Crippen molar-refractivity contribution in [2.45, 2.75) is 13.2 Å². The monoisotopic (exact) mass is 334 g/mol. The molecule has 0 aliphatic heterocycles. The summed E-state index contributed by atoms with van der Waals surface area (Å²) < 4.78 is 5.57. The normalized spacial score (nSPS) is 11.0. The Kier molecular flexibility index (Phi) is 4.43. The van der Waals surface area contributed by atoms with E-state index in [-0.39, 0.29) is 12.2 Å². The highest BCUT2D eigenvalue weighted by Gasteiger charge is 2.09. The number of nitrogens with zero attached hydrogens (tertiary/aromatic N) is 1. The summed E-state index contributed by atoms with van der Waals surface area (Å²) in [6.45, 7) is 0.635. The zero-order valence-electron chi connectivity index (χ0n) is 11.5. The highest BCUT2D eigenvalue weighted by Crippen LogP contribution is 2.24. The first-order chi connectivity index (χ1) is 10.6. The third-order valence-electron chi connectivity index (χ3n) is 3.13. The Bertz CT molecular complexity index is 863. The van der Waals surface area contributed by atoms with E-state index in [0.717, 1.165) is 5.56 Å². The number of ether oxygens (including phenoxy) is 1. The van der Waals surface area contributed by atoms with Crippen LogP contribution in [0.3, 0.4) is 0 Å². The van der Waals surface area contributed by atoms with Crippen molar-refractivity contribution in [2.75, 3.05) is 0 Å². The molecule has 112 valence electrons. The fourth-order valence-corrected chi connectivity index (χ4v) is 2.66. The lowest BCUT2D eigenvalue weighted by Gasteiger charge is -2.06. The van der Waals surface area contributed by atoms with Gasteiger partial charge in [-0.1, -0.05) is 53.5 Å². The minimum atomic E-state index is -0.285. The van der Waals surface area contributed by atoms with Gasteiger partial charge in [0.05, 0.1) is 22.5 Å². The molecule has 1 aromatic heterocycles. The van der Waals surface area contributed by atoms with Crippen LogP contribution in [0.4, 0.5) is 0 Å². The lowest BCUT2D eigenvalue weighted by Crippen LogP contribution is -2.13. The third-order valence-corrected chi connectivity index (χ3v) is 3.63. The Morgan fingerprint density at radius 1 is 1.09 bits per heavy atom. The van der Waals surface area contributed by atoms with Crippen LogP contribution < -0.4 is 5.56 Å². The van der Waals surface area contributed by atoms with Crippen LogP contribution in [0.5, 0.6) is 0 Å². The minimum absolute atomic E-state index is 0.193. The van der Waals surface area contributed by atoms with Crippen molar-refractivity contribution >= 4 is 34.1 Å². The summed E-state index contributed by atoms with van der Waals surface area (Å²) in [5.74, 6) is 0.428. The summed E-state index contributed by atoms with van der Waals surface area (Å²) in [5, 5.41) is 1.11. The van der Waals surface area contributed by atoms with Gasteiger partial charge in [0, 0.05) is 5.02 Å². The largest absolute Gasteiger partial charge is 0.369 e. The molecule has 0 atom stereocenters. The van der Waals surface area contributed by atoms with Crippen molar-refractivity contribution in [3.05, 3.63) is 74.3 Å². The maximum absolute atomic E-state index is 12.1. The van der Waals surface area contributed by atoms with Crippen LogP contribution in [0, 0.1) is 0 Å². The average molecular weight is 335 g/mol. The molecule has 3 aromatic rings. The van der Waals surface area contributed by atoms with Gasteiger partial charge in [0.1, 0.15) is 12.4 Å². The highest BCUT2D eigenvalue weighted by molar-refractivity contribution is 6.38. The predicted molar refractivity (Wildman–Crippen MR) is 87.3 cm³/mol. The molecule has 0 bridgehead atoms. The zero-order valence-corrected chi connectivity index (χ0v) is 13.0. The predicted octanol–water partition coefficient (Wildman–Crippen LogP) is 3.95. The number of fused-ring (bicyclic) bond motifs is 1. The molecule has 0 spiro atoms. The van der Waals surface area contributed by atoms with Crippen LogP contribution in [0.1, 0.15) is 11.4 Å². The van der Waals surface area contributed by atoms with E-state index < -0.39 is 0 Å². The molecule has 0 radical (unpaired) electrons. The summed E-state index contributed by atoms with van der Waals surface area (Å²) in [5.41, 5.74) is 1.19. The van der Waals surface area contributed by atoms with Crippen LogP contribution in [-0.2, 0) is 18.0 Å². The number of aromatic nitrogens is 2. The van der Waals surface area contributed by atoms with Crippen molar-refractivity contribution in [1.29, 1.82) is 0 Å². The molecule has 1 N–H and O–H groups in total. The molecule has 2 aromatic carbocycles. The first-order valence-electron chi connectivity index (χ1n) is 6.63. The summed E-state index contributed by atoms with van der Waals surface area (Å²) in [7, 11) is 0. The molecule has 0 amide bonds. The number of rotatable bonds is 4. The first kappa shape index (κ1) is 15.0. The number of hydrogen-bond donors (Lipinski definition) is 1. The van der Waals surface area contributed by atoms with Gasteiger partial charge in [0.25, 0.3) is 5.56 Å². The molecule has 1 heterocycles. The van der Waals surface area contributed by atoms with Gasteiger partial charge in [-0.25, -0.2) is 4.98 Å². The highest BCUT2D eigenvalue weighted by atomic mass is 35.5. The Morgan fingerprint density at radius 3 is 2.64 bits per heavy atom. The number of benzene rings is 2. The van der Waals surface area contributed by atoms with Gasteiger partial charge in [0.15, 0.2) is 0 Å². The molecule has 0 saturated carbocycles. The van der Waals surface area contributed by atoms with E-state index in [1.54, 1.807) is 12.1 Å². The van der Waals surface area contributed by atoms with Gasteiger partial charge in [0.2, 0.25) is 0 Å². The van der Waals surface area contributed by atoms with E-state index in [1.165, 1.54) is 0 Å². The zero-order chi connectivity index (χ0) is 15.5. The van der Waals surface area contributed by atoms with Crippen LogP contribution in [-0.4, -0.2) is 9.97 Å². The standard InChI is InChI=1S/C16H12Cl2N2O2/c17-11-6-12-15(13(18)7-11)19-14(20-16(12)21)9-22-8-10-4-2-1-3-5-10/h1-7H,8-9H2,(H,19,20,21). The molecular formula is C16H12Cl2N2O2. The van der Waals surface area contributed by atoms with Crippen LogP contribution in [0.2, 0.25) is 10.0 Å². The summed E-state index contributed by atoms with van der Waals surface area (Å²) in [6.07, 6.45) is 0. The van der Waals surface area contributed by atoms with Gasteiger partial charge >= 0.3 is 0 Å². The average Bonchev–Trinajstić information content (AvgIpc) is 2.50. The topological polar surface area (TPSA) is 55.0 Å². The van der Waals surface area contributed by atoms with Gasteiger partial charge in [-0.3, -0.25) is 4.79 Å². The van der Waals surface area contributed by atoms with Crippen LogP contribution >= 0.6 is 23.2 Å². The first-order valence-corrected chi connectivity index (χ1v) is 7.39. The summed E-state index contributed by atoms with van der Waals surface area (Å²) in [4.78, 5) is 19.1. The molecule has 4 nitrogen and oxygen atoms in total. The third kappa shape index (κ3) is 3.30. The SMILES string of the molecule is O=c1[nH]c(COCc2ccccc2)nc2c(Cl)cc(Cl)cc12. The van der Waals surface area contributed by atoms with Crippen molar-refractivity contribution in [3.63, 3.8) is 0 Å². The van der Waals surface area contributed by atoms with Gasteiger partial charge in [-0.2, -0.15) is 0 Å². The fourth-order valence-electron chi connectivity index (χ4n) is 2.12. The Hall–Kier alpha value is -1.88. The number of H-pyrrole nitrogens is 1. The molecular weight excluding hydrogens is 323 g/mol. The van der Waals surface area contributed by atoms with E-state index in [4.69, 9.17) is 27.9 Å². The van der Waals surface area contributed by atoms with Gasteiger partial charge in [-0.05, 0) is 17.7 Å². The van der Waals surface area contributed by atoms with Crippen molar-refractivity contribution in [3.8, 4) is 0 Å². The van der Waals surface area contributed by atoms with E-state index in [1.807, 2.05) is 30.3 Å². The maximum Gasteiger partial charge on any atom is 0.258 e. The van der Waals surface area contributed by atoms with Gasteiger partial charge < -0.3 is 9.72 Å². The van der Waals surface area contributed by atoms with E-state index in [2.05, 4.69) is 9.97 Å². The van der Waals surface area contributed by atoms with Crippen molar-refractivity contribution in [2.24, 2.45) is 0 Å².